The Balaban J connectivity index is -0.000000285. The number of carbonyl (C=O) groups excluding carboxylic acids is 1. The highest BCUT2D eigenvalue weighted by atomic mass is 16.5. The molecule has 0 fully saturated rings. The van der Waals surface area contributed by atoms with Crippen molar-refractivity contribution >= 4 is 5.97 Å². The highest BCUT2D eigenvalue weighted by molar-refractivity contribution is 5.65. The molecule has 22 heavy (non-hydrogen) atoms. The molecule has 0 unspecified atom stereocenters. The monoisotopic (exact) mass is 310 g/mol. The van der Waals surface area contributed by atoms with E-state index < -0.39 is 0 Å². The van der Waals surface area contributed by atoms with E-state index in [2.05, 4.69) is 13.8 Å². The fraction of sp³-hybridized carbons (Fsp3) is 0.650. The summed E-state index contributed by atoms with van der Waals surface area (Å²) in [6.07, 6.45) is 7.01. The first-order valence-corrected chi connectivity index (χ1v) is 8.88. The van der Waals surface area contributed by atoms with E-state index in [9.17, 15) is 4.79 Å². The number of hydrogen-bond donors (Lipinski definition) is 0. The minimum atomic E-state index is -0.242. The average Bonchev–Trinajstić information content (AvgIpc) is 2.59. The molecule has 0 aromatic heterocycles. The van der Waals surface area contributed by atoms with Crippen LogP contribution < -0.4 is 0 Å². The number of unbranched alkanes of at least 4 members (excludes halogenated alkanes) is 4. The quantitative estimate of drug-likeness (QED) is 0.427. The van der Waals surface area contributed by atoms with E-state index in [0.717, 1.165) is 5.56 Å². The van der Waals surface area contributed by atoms with E-state index in [4.69, 9.17) is 4.74 Å². The second-order valence-corrected chi connectivity index (χ2v) is 4.33. The molecule has 1 aromatic rings. The van der Waals surface area contributed by atoms with Gasteiger partial charge >= 0.3 is 5.97 Å². The molecular weight excluding hydrogens is 272 g/mol. The predicted octanol–water partition coefficient (Wildman–Crippen LogP) is 6.78. The van der Waals surface area contributed by atoms with Gasteiger partial charge in [-0.1, -0.05) is 104 Å². The third kappa shape index (κ3) is 23.8. The van der Waals surface area contributed by atoms with E-state index in [-0.39, 0.29) is 5.97 Å². The van der Waals surface area contributed by atoms with Crippen LogP contribution in [-0.4, -0.2) is 5.97 Å². The van der Waals surface area contributed by atoms with Crippen LogP contribution in [-0.2, 0) is 16.1 Å². The average molecular weight is 311 g/mol. The Morgan fingerprint density at radius 1 is 0.864 bits per heavy atom. The third-order valence-corrected chi connectivity index (χ3v) is 2.49. The van der Waals surface area contributed by atoms with Crippen molar-refractivity contribution in [1.29, 1.82) is 0 Å². The third-order valence-electron chi connectivity index (χ3n) is 2.49. The summed E-state index contributed by atoms with van der Waals surface area (Å²) in [5.74, 6) is -0.242. The molecule has 0 radical (unpaired) electrons. The Kier molecular flexibility index (Phi) is 28.8. The highest BCUT2D eigenvalue weighted by Crippen LogP contribution is 2.00. The fourth-order valence-corrected chi connectivity index (χ4v) is 1.44. The molecule has 0 bridgehead atoms. The van der Waals surface area contributed by atoms with Crippen LogP contribution in [0.3, 0.4) is 0 Å². The Bertz CT molecular complexity index is 290. The van der Waals surface area contributed by atoms with E-state index >= 15 is 0 Å². The summed E-state index contributed by atoms with van der Waals surface area (Å²) in [6.45, 7) is 14.3. The summed E-state index contributed by atoms with van der Waals surface area (Å²) in [4.78, 5) is 10.4. The molecule has 0 saturated heterocycles. The van der Waals surface area contributed by atoms with Gasteiger partial charge in [-0.05, 0) is 5.56 Å². The van der Waals surface area contributed by atoms with Crippen molar-refractivity contribution in [1.82, 2.24) is 0 Å². The van der Waals surface area contributed by atoms with Gasteiger partial charge in [0.1, 0.15) is 6.61 Å². The molecule has 2 nitrogen and oxygen atoms in total. The van der Waals surface area contributed by atoms with Crippen LogP contribution in [0.2, 0.25) is 0 Å². The molecule has 0 saturated carbocycles. The fourth-order valence-electron chi connectivity index (χ4n) is 1.44. The molecular formula is C20H38O2. The van der Waals surface area contributed by atoms with Crippen LogP contribution in [0, 0.1) is 0 Å². The first-order chi connectivity index (χ1) is 10.7. The normalized spacial score (nSPS) is 8.14. The lowest BCUT2D eigenvalue weighted by Crippen LogP contribution is -1.97. The van der Waals surface area contributed by atoms with Crippen molar-refractivity contribution in [2.75, 3.05) is 0 Å². The van der Waals surface area contributed by atoms with Crippen LogP contribution in [0.5, 0.6) is 0 Å². The van der Waals surface area contributed by atoms with E-state index in [0.29, 0.717) is 6.61 Å². The standard InChI is InChI=1S/C9H10O2.C7H16.2C2H6/c1-8(10)11-7-9-5-3-2-4-6-9;1-3-5-7-6-4-2;2*1-2/h2-6H,7H2,1H3;3-7H2,1-2H3;2*1-2H3. The highest BCUT2D eigenvalue weighted by Gasteiger charge is 1.93. The molecule has 0 heterocycles. The van der Waals surface area contributed by atoms with Gasteiger partial charge < -0.3 is 4.74 Å². The summed E-state index contributed by atoms with van der Waals surface area (Å²) in [5, 5.41) is 0. The van der Waals surface area contributed by atoms with Crippen molar-refractivity contribution in [3.63, 3.8) is 0 Å². The van der Waals surface area contributed by atoms with E-state index in [1.165, 1.54) is 39.0 Å². The van der Waals surface area contributed by atoms with Crippen LogP contribution >= 0.6 is 0 Å². The van der Waals surface area contributed by atoms with Gasteiger partial charge in [-0.3, -0.25) is 4.79 Å². The van der Waals surface area contributed by atoms with Gasteiger partial charge in [0.2, 0.25) is 0 Å². The largest absolute Gasteiger partial charge is 0.461 e. The molecule has 2 heteroatoms. The molecule has 0 aliphatic heterocycles. The number of carbonyl (C=O) groups is 1. The van der Waals surface area contributed by atoms with E-state index in [1.807, 2.05) is 58.0 Å². The summed E-state index contributed by atoms with van der Waals surface area (Å²) < 4.78 is 4.79. The lowest BCUT2D eigenvalue weighted by atomic mass is 10.2. The maximum absolute atomic E-state index is 10.4. The van der Waals surface area contributed by atoms with Gasteiger partial charge in [-0.25, -0.2) is 0 Å². The van der Waals surface area contributed by atoms with Gasteiger partial charge in [0.25, 0.3) is 0 Å². The van der Waals surface area contributed by atoms with Crippen molar-refractivity contribution < 1.29 is 9.53 Å². The molecule has 0 spiro atoms. The number of benzene rings is 1. The number of rotatable bonds is 6. The smallest absolute Gasteiger partial charge is 0.302 e. The van der Waals surface area contributed by atoms with Crippen molar-refractivity contribution in [3.8, 4) is 0 Å². The van der Waals surface area contributed by atoms with Crippen molar-refractivity contribution in [2.24, 2.45) is 0 Å². The van der Waals surface area contributed by atoms with Crippen LogP contribution in [0.1, 0.15) is 86.1 Å². The zero-order chi connectivity index (χ0) is 17.6. The van der Waals surface area contributed by atoms with Gasteiger partial charge in [0.05, 0.1) is 0 Å². The van der Waals surface area contributed by atoms with Gasteiger partial charge in [0.15, 0.2) is 0 Å². The lowest BCUT2D eigenvalue weighted by molar-refractivity contribution is -0.142. The van der Waals surface area contributed by atoms with Gasteiger partial charge in [-0.15, -0.1) is 0 Å². The molecule has 1 rings (SSSR count). The maximum Gasteiger partial charge on any atom is 0.302 e. The van der Waals surface area contributed by atoms with Gasteiger partial charge in [-0.2, -0.15) is 0 Å². The van der Waals surface area contributed by atoms with Crippen molar-refractivity contribution in [3.05, 3.63) is 35.9 Å². The summed E-state index contributed by atoms with van der Waals surface area (Å²) in [7, 11) is 0. The minimum absolute atomic E-state index is 0.242. The Morgan fingerprint density at radius 3 is 1.68 bits per heavy atom. The minimum Gasteiger partial charge on any atom is -0.461 e. The van der Waals surface area contributed by atoms with E-state index in [1.54, 1.807) is 0 Å². The zero-order valence-electron chi connectivity index (χ0n) is 15.9. The predicted molar refractivity (Wildman–Crippen MR) is 99.0 cm³/mol. The lowest BCUT2D eigenvalue weighted by Gasteiger charge is -1.99. The maximum atomic E-state index is 10.4. The summed E-state index contributed by atoms with van der Waals surface area (Å²) in [6, 6.07) is 9.60. The summed E-state index contributed by atoms with van der Waals surface area (Å²) >= 11 is 0. The zero-order valence-corrected chi connectivity index (χ0v) is 15.9. The Hall–Kier alpha value is -1.31. The SMILES string of the molecule is CC.CC.CC(=O)OCc1ccccc1.CCCCCCC. The Morgan fingerprint density at radius 2 is 1.32 bits per heavy atom. The van der Waals surface area contributed by atoms with Gasteiger partial charge in [0, 0.05) is 6.92 Å². The second-order valence-electron chi connectivity index (χ2n) is 4.33. The van der Waals surface area contributed by atoms with Crippen LogP contribution in [0.15, 0.2) is 30.3 Å². The first kappa shape index (κ1) is 25.6. The molecule has 1 aromatic carbocycles. The molecule has 0 aliphatic rings. The molecule has 0 atom stereocenters. The molecule has 0 amide bonds. The molecule has 130 valence electrons. The number of esters is 1. The first-order valence-electron chi connectivity index (χ1n) is 8.88. The van der Waals surface area contributed by atoms with Crippen LogP contribution in [0.4, 0.5) is 0 Å². The molecule has 0 aliphatic carbocycles. The summed E-state index contributed by atoms with van der Waals surface area (Å²) in [5.41, 5.74) is 1.02. The number of ether oxygens (including phenoxy) is 1. The van der Waals surface area contributed by atoms with Crippen LogP contribution in [0.25, 0.3) is 0 Å². The Labute approximate surface area is 139 Å². The molecule has 0 N–H and O–H groups in total. The topological polar surface area (TPSA) is 26.3 Å². The van der Waals surface area contributed by atoms with Crippen molar-refractivity contribution in [2.45, 2.75) is 87.2 Å². The number of hydrogen-bond acceptors (Lipinski definition) is 2. The second kappa shape index (κ2) is 24.7.